The fourth-order valence-electron chi connectivity index (χ4n) is 1.92. The molecule has 0 aliphatic carbocycles. The van der Waals surface area contributed by atoms with Crippen LogP contribution in [0.2, 0.25) is 10.0 Å². The summed E-state index contributed by atoms with van der Waals surface area (Å²) in [6.45, 7) is 0. The van der Waals surface area contributed by atoms with Crippen LogP contribution in [0.5, 0.6) is 0 Å². The Bertz CT molecular complexity index is 589. The summed E-state index contributed by atoms with van der Waals surface area (Å²) in [6.07, 6.45) is 0.803. The maximum atomic E-state index is 13.2. The summed E-state index contributed by atoms with van der Waals surface area (Å²) in [4.78, 5) is 1.18. The number of nitrogens with one attached hydrogen (secondary N) is 1. The Morgan fingerprint density at radius 1 is 1.14 bits per heavy atom. The number of benzene rings is 2. The average molecular weight is 344 g/mol. The van der Waals surface area contributed by atoms with E-state index in [2.05, 4.69) is 5.32 Å². The third-order valence-corrected chi connectivity index (χ3v) is 4.86. The van der Waals surface area contributed by atoms with E-state index in [-0.39, 0.29) is 16.9 Å². The molecule has 5 heteroatoms. The maximum absolute atomic E-state index is 13.2. The van der Waals surface area contributed by atoms with Crippen molar-refractivity contribution in [3.63, 3.8) is 0 Å². The molecule has 0 fully saturated rings. The van der Waals surface area contributed by atoms with Crippen LogP contribution in [-0.2, 0) is 6.42 Å². The SMILES string of the molecule is CNC(CSc1ccc(Cl)cc1)Cc1ccc(F)c(Cl)c1. The van der Waals surface area contributed by atoms with Crippen LogP contribution in [0.25, 0.3) is 0 Å². The molecule has 0 aliphatic heterocycles. The van der Waals surface area contributed by atoms with Gasteiger partial charge >= 0.3 is 0 Å². The second-order valence-corrected chi connectivity index (χ2v) is 6.64. The van der Waals surface area contributed by atoms with Crippen molar-refractivity contribution in [1.29, 1.82) is 0 Å². The van der Waals surface area contributed by atoms with Crippen LogP contribution in [0.1, 0.15) is 5.56 Å². The minimum Gasteiger partial charge on any atom is -0.316 e. The predicted octanol–water partition coefficient (Wildman–Crippen LogP) is 5.06. The highest BCUT2D eigenvalue weighted by Gasteiger charge is 2.10. The van der Waals surface area contributed by atoms with Gasteiger partial charge in [-0.25, -0.2) is 4.39 Å². The van der Waals surface area contributed by atoms with Crippen molar-refractivity contribution in [2.24, 2.45) is 0 Å². The van der Waals surface area contributed by atoms with Crippen LogP contribution < -0.4 is 5.32 Å². The van der Waals surface area contributed by atoms with E-state index in [1.54, 1.807) is 23.9 Å². The van der Waals surface area contributed by atoms with Crippen molar-refractivity contribution >= 4 is 35.0 Å². The Hall–Kier alpha value is -0.740. The summed E-state index contributed by atoms with van der Waals surface area (Å²) in [5.74, 6) is 0.532. The van der Waals surface area contributed by atoms with E-state index >= 15 is 0 Å². The molecule has 0 spiro atoms. The fraction of sp³-hybridized carbons (Fsp3) is 0.250. The Kier molecular flexibility index (Phi) is 6.37. The molecule has 2 aromatic rings. The first-order valence-electron chi connectivity index (χ1n) is 6.58. The van der Waals surface area contributed by atoms with Gasteiger partial charge in [0.1, 0.15) is 5.82 Å². The number of halogens is 3. The van der Waals surface area contributed by atoms with Gasteiger partial charge in [0.15, 0.2) is 0 Å². The summed E-state index contributed by atoms with van der Waals surface area (Å²) in [5, 5.41) is 4.20. The Labute approximate surface area is 138 Å². The molecule has 2 aromatic carbocycles. The van der Waals surface area contributed by atoms with Gasteiger partial charge in [-0.2, -0.15) is 0 Å². The zero-order valence-corrected chi connectivity index (χ0v) is 13.9. The molecule has 0 radical (unpaired) electrons. The quantitative estimate of drug-likeness (QED) is 0.736. The van der Waals surface area contributed by atoms with Crippen molar-refractivity contribution in [2.45, 2.75) is 17.4 Å². The topological polar surface area (TPSA) is 12.0 Å². The molecule has 0 amide bonds. The Balaban J connectivity index is 1.93. The molecule has 0 saturated carbocycles. The van der Waals surface area contributed by atoms with Crippen LogP contribution >= 0.6 is 35.0 Å². The second-order valence-electron chi connectivity index (χ2n) is 4.70. The molecule has 1 nitrogen and oxygen atoms in total. The molecule has 0 saturated heterocycles. The van der Waals surface area contributed by atoms with Gasteiger partial charge in [-0.1, -0.05) is 29.3 Å². The van der Waals surface area contributed by atoms with E-state index in [9.17, 15) is 4.39 Å². The monoisotopic (exact) mass is 343 g/mol. The molecule has 0 heterocycles. The Morgan fingerprint density at radius 2 is 1.86 bits per heavy atom. The minimum absolute atomic E-state index is 0.174. The van der Waals surface area contributed by atoms with E-state index < -0.39 is 0 Å². The summed E-state index contributed by atoms with van der Waals surface area (Å²) in [5.41, 5.74) is 1.03. The van der Waals surface area contributed by atoms with Crippen LogP contribution in [0.15, 0.2) is 47.4 Å². The lowest BCUT2D eigenvalue weighted by molar-refractivity contribution is 0.610. The van der Waals surface area contributed by atoms with E-state index in [1.165, 1.54) is 11.0 Å². The third-order valence-electron chi connectivity index (χ3n) is 3.14. The first-order chi connectivity index (χ1) is 10.1. The van der Waals surface area contributed by atoms with Gasteiger partial charge in [0.25, 0.3) is 0 Å². The van der Waals surface area contributed by atoms with Crippen molar-refractivity contribution in [1.82, 2.24) is 5.32 Å². The van der Waals surface area contributed by atoms with Gasteiger partial charge in [-0.05, 0) is 55.4 Å². The zero-order valence-electron chi connectivity index (χ0n) is 11.6. The predicted molar refractivity (Wildman–Crippen MR) is 90.1 cm³/mol. The first kappa shape index (κ1) is 16.6. The molecule has 1 N–H and O–H groups in total. The molecule has 21 heavy (non-hydrogen) atoms. The van der Waals surface area contributed by atoms with Gasteiger partial charge in [-0.3, -0.25) is 0 Å². The van der Waals surface area contributed by atoms with Gasteiger partial charge in [0.2, 0.25) is 0 Å². The molecule has 112 valence electrons. The molecule has 0 aromatic heterocycles. The molecule has 0 aliphatic rings. The molecular weight excluding hydrogens is 328 g/mol. The van der Waals surface area contributed by atoms with Gasteiger partial charge in [-0.15, -0.1) is 11.8 Å². The molecule has 0 bridgehead atoms. The maximum Gasteiger partial charge on any atom is 0.141 e. The number of hydrogen-bond acceptors (Lipinski definition) is 2. The molecule has 2 rings (SSSR count). The van der Waals surface area contributed by atoms with E-state index in [0.29, 0.717) is 0 Å². The van der Waals surface area contributed by atoms with Crippen molar-refractivity contribution < 1.29 is 4.39 Å². The highest BCUT2D eigenvalue weighted by molar-refractivity contribution is 7.99. The van der Waals surface area contributed by atoms with Gasteiger partial charge in [0.05, 0.1) is 5.02 Å². The summed E-state index contributed by atoms with van der Waals surface area (Å²) in [7, 11) is 1.93. The van der Waals surface area contributed by atoms with Crippen LogP contribution in [0.3, 0.4) is 0 Å². The number of thioether (sulfide) groups is 1. The summed E-state index contributed by atoms with van der Waals surface area (Å²) in [6, 6.07) is 13.0. The van der Waals surface area contributed by atoms with Crippen LogP contribution in [0.4, 0.5) is 4.39 Å². The smallest absolute Gasteiger partial charge is 0.141 e. The lowest BCUT2D eigenvalue weighted by Gasteiger charge is -2.16. The normalized spacial score (nSPS) is 12.4. The Morgan fingerprint density at radius 3 is 2.48 bits per heavy atom. The molecule has 1 atom stereocenters. The summed E-state index contributed by atoms with van der Waals surface area (Å²) >= 11 is 13.4. The second kappa shape index (κ2) is 8.04. The number of rotatable bonds is 6. The van der Waals surface area contributed by atoms with Crippen molar-refractivity contribution in [3.8, 4) is 0 Å². The lowest BCUT2D eigenvalue weighted by Crippen LogP contribution is -2.30. The van der Waals surface area contributed by atoms with Crippen LogP contribution in [-0.4, -0.2) is 18.8 Å². The minimum atomic E-state index is -0.378. The van der Waals surface area contributed by atoms with Crippen molar-refractivity contribution in [3.05, 3.63) is 63.9 Å². The number of hydrogen-bond donors (Lipinski definition) is 1. The van der Waals surface area contributed by atoms with Crippen LogP contribution in [0, 0.1) is 5.82 Å². The lowest BCUT2D eigenvalue weighted by atomic mass is 10.1. The van der Waals surface area contributed by atoms with Gasteiger partial charge in [0, 0.05) is 21.7 Å². The largest absolute Gasteiger partial charge is 0.316 e. The average Bonchev–Trinajstić information content (AvgIpc) is 2.49. The third kappa shape index (κ3) is 5.19. The fourth-order valence-corrected chi connectivity index (χ4v) is 3.26. The highest BCUT2D eigenvalue weighted by Crippen LogP contribution is 2.23. The summed E-state index contributed by atoms with van der Waals surface area (Å²) < 4.78 is 13.2. The molecular formula is C16H16Cl2FNS. The molecule has 1 unspecified atom stereocenters. The number of likely N-dealkylation sites (N-methyl/N-ethyl adjacent to an activating group) is 1. The zero-order chi connectivity index (χ0) is 15.2. The van der Waals surface area contributed by atoms with Gasteiger partial charge < -0.3 is 5.32 Å². The van der Waals surface area contributed by atoms with E-state index in [0.717, 1.165) is 22.8 Å². The highest BCUT2D eigenvalue weighted by atomic mass is 35.5. The van der Waals surface area contributed by atoms with E-state index in [1.807, 2.05) is 31.3 Å². The van der Waals surface area contributed by atoms with E-state index in [4.69, 9.17) is 23.2 Å². The standard InChI is InChI=1S/C16H16Cl2FNS/c1-20-13(8-11-2-7-16(19)15(18)9-11)10-21-14-5-3-12(17)4-6-14/h2-7,9,13,20H,8,10H2,1H3. The first-order valence-corrected chi connectivity index (χ1v) is 8.32. The van der Waals surface area contributed by atoms with Crippen molar-refractivity contribution in [2.75, 3.05) is 12.8 Å².